The van der Waals surface area contributed by atoms with Crippen molar-refractivity contribution in [3.05, 3.63) is 120 Å². The van der Waals surface area contributed by atoms with Gasteiger partial charge in [-0.2, -0.15) is 0 Å². The van der Waals surface area contributed by atoms with E-state index >= 15 is 4.39 Å². The van der Waals surface area contributed by atoms with Gasteiger partial charge in [0.1, 0.15) is 5.69 Å². The van der Waals surface area contributed by atoms with Crippen molar-refractivity contribution in [1.82, 2.24) is 15.4 Å². The highest BCUT2D eigenvalue weighted by atomic mass is 28.4. The van der Waals surface area contributed by atoms with E-state index in [0.29, 0.717) is 30.0 Å². The van der Waals surface area contributed by atoms with Crippen LogP contribution in [0.3, 0.4) is 0 Å². The number of carbonyl (C=O) groups excluding carboxylic acids is 1. The van der Waals surface area contributed by atoms with Crippen LogP contribution in [0.2, 0.25) is 5.04 Å². The third-order valence-corrected chi connectivity index (χ3v) is 13.2. The zero-order valence-electron chi connectivity index (χ0n) is 27.9. The van der Waals surface area contributed by atoms with Crippen molar-refractivity contribution < 1.29 is 23.2 Å². The number of halogens is 1. The van der Waals surface area contributed by atoms with E-state index in [4.69, 9.17) is 14.0 Å². The maximum atomic E-state index is 17.1. The minimum Gasteiger partial charge on any atom is -0.403 e. The predicted octanol–water partition coefficient (Wildman–Crippen LogP) is 5.95. The minimum atomic E-state index is -3.03. The van der Waals surface area contributed by atoms with Gasteiger partial charge >= 0.3 is 0 Å². The van der Waals surface area contributed by atoms with E-state index in [0.717, 1.165) is 10.4 Å². The number of hydrogen-bond donors (Lipinski definition) is 1. The molecule has 1 aliphatic heterocycles. The Balaban J connectivity index is 1.73. The Morgan fingerprint density at radius 3 is 2.15 bits per heavy atom. The van der Waals surface area contributed by atoms with Crippen molar-refractivity contribution in [3.8, 4) is 5.75 Å². The number of aromatic nitrogens is 2. The summed E-state index contributed by atoms with van der Waals surface area (Å²) in [6, 6.07) is 22.2. The molecule has 1 fully saturated rings. The number of hydrogen-bond acceptors (Lipinski definition) is 8. The molecule has 4 aromatic rings. The van der Waals surface area contributed by atoms with Gasteiger partial charge < -0.3 is 18.9 Å². The maximum Gasteiger partial charge on any atom is 0.261 e. The van der Waals surface area contributed by atoms with Gasteiger partial charge in [-0.05, 0) is 42.2 Å². The topological polar surface area (TPSA) is 85.8 Å². The molecule has 1 saturated heterocycles. The molecule has 8 nitrogen and oxygen atoms in total. The van der Waals surface area contributed by atoms with Gasteiger partial charge in [-0.3, -0.25) is 9.78 Å². The number of morpholine rings is 1. The van der Waals surface area contributed by atoms with E-state index in [-0.39, 0.29) is 40.9 Å². The second-order valence-corrected chi connectivity index (χ2v) is 17.4. The van der Waals surface area contributed by atoms with Crippen molar-refractivity contribution in [3.63, 3.8) is 0 Å². The van der Waals surface area contributed by atoms with Crippen LogP contribution in [0.1, 0.15) is 63.2 Å². The second kappa shape index (κ2) is 14.2. The van der Waals surface area contributed by atoms with Crippen LogP contribution in [0.5, 0.6) is 5.75 Å². The van der Waals surface area contributed by atoms with Gasteiger partial charge in [0, 0.05) is 36.7 Å². The largest absolute Gasteiger partial charge is 0.403 e. The Kier molecular flexibility index (Phi) is 10.2. The van der Waals surface area contributed by atoms with Crippen LogP contribution in [0.15, 0.2) is 97.6 Å². The van der Waals surface area contributed by atoms with Crippen molar-refractivity contribution in [1.29, 1.82) is 0 Å². The van der Waals surface area contributed by atoms with Gasteiger partial charge in [-0.1, -0.05) is 88.0 Å². The summed E-state index contributed by atoms with van der Waals surface area (Å²) < 4.78 is 30.4. The normalized spacial score (nSPS) is 16.9. The monoisotopic (exact) mass is 654 g/mol. The zero-order valence-corrected chi connectivity index (χ0v) is 28.9. The van der Waals surface area contributed by atoms with E-state index in [9.17, 15) is 4.79 Å². The molecule has 10 heteroatoms. The van der Waals surface area contributed by atoms with Gasteiger partial charge in [0.2, 0.25) is 11.5 Å². The van der Waals surface area contributed by atoms with Crippen LogP contribution in [0.4, 0.5) is 10.1 Å². The Bertz CT molecular complexity index is 1650. The highest BCUT2D eigenvalue weighted by Crippen LogP contribution is 2.41. The summed E-state index contributed by atoms with van der Waals surface area (Å²) in [5.74, 6) is -1.46. The van der Waals surface area contributed by atoms with Crippen LogP contribution in [0, 0.1) is 5.82 Å². The lowest BCUT2D eigenvalue weighted by molar-refractivity contribution is -0.00554. The summed E-state index contributed by atoms with van der Waals surface area (Å²) in [6.07, 6.45) is 3.96. The van der Waals surface area contributed by atoms with E-state index in [2.05, 4.69) is 67.1 Å². The third kappa shape index (κ3) is 7.14. The molecule has 2 atom stereocenters. The Labute approximate surface area is 277 Å². The van der Waals surface area contributed by atoms with Gasteiger partial charge in [0.15, 0.2) is 5.82 Å². The predicted molar refractivity (Wildman–Crippen MR) is 185 cm³/mol. The summed E-state index contributed by atoms with van der Waals surface area (Å²) in [4.78, 5) is 29.9. The molecular formula is C37H43FN4O4Si. The lowest BCUT2D eigenvalue weighted by atomic mass is 10.00. The maximum absolute atomic E-state index is 17.1. The molecule has 0 radical (unpaired) electrons. The highest BCUT2D eigenvalue weighted by molar-refractivity contribution is 6.99. The molecular weight excluding hydrogens is 612 g/mol. The fraction of sp³-hybridized carbons (Fsp3) is 0.324. The summed E-state index contributed by atoms with van der Waals surface area (Å²) in [5, 5.41) is 1.87. The first kappa shape index (κ1) is 34.0. The number of ketones is 1. The molecule has 1 aromatic heterocycles. The third-order valence-electron chi connectivity index (χ3n) is 8.24. The van der Waals surface area contributed by atoms with Crippen LogP contribution in [-0.4, -0.2) is 49.4 Å². The highest BCUT2D eigenvalue weighted by Gasteiger charge is 2.50. The number of benzene rings is 3. The summed E-state index contributed by atoms with van der Waals surface area (Å²) in [6.45, 7) is 16.9. The molecule has 3 aromatic carbocycles. The van der Waals surface area contributed by atoms with Crippen molar-refractivity contribution >= 4 is 30.2 Å². The first-order chi connectivity index (χ1) is 22.4. The van der Waals surface area contributed by atoms with Crippen molar-refractivity contribution in [2.45, 2.75) is 65.4 Å². The molecule has 0 bridgehead atoms. The lowest BCUT2D eigenvalue weighted by Crippen LogP contribution is -2.66. The molecule has 5 rings (SSSR count). The molecule has 2 unspecified atom stereocenters. The number of nitrogens with zero attached hydrogens (tertiary/aromatic N) is 3. The first-order valence-electron chi connectivity index (χ1n) is 15.8. The smallest absolute Gasteiger partial charge is 0.261 e. The summed E-state index contributed by atoms with van der Waals surface area (Å²) in [5.41, 5.74) is 3.97. The molecule has 0 spiro atoms. The van der Waals surface area contributed by atoms with Gasteiger partial charge in [-0.25, -0.2) is 14.9 Å². The summed E-state index contributed by atoms with van der Waals surface area (Å²) >= 11 is 0. The van der Waals surface area contributed by atoms with Crippen molar-refractivity contribution in [2.24, 2.45) is 0 Å². The number of nitrogens with one attached hydrogen (secondary N) is 1. The van der Waals surface area contributed by atoms with E-state index in [1.807, 2.05) is 55.1 Å². The van der Waals surface area contributed by atoms with Crippen molar-refractivity contribution in [2.75, 3.05) is 18.0 Å². The van der Waals surface area contributed by atoms with E-state index < -0.39 is 19.9 Å². The molecule has 1 aliphatic rings. The average Bonchev–Trinajstić information content (AvgIpc) is 3.04. The van der Waals surface area contributed by atoms with Crippen LogP contribution in [-0.2, 0) is 15.8 Å². The molecule has 2 heterocycles. The van der Waals surface area contributed by atoms with Crippen LogP contribution < -0.4 is 25.6 Å². The fourth-order valence-corrected chi connectivity index (χ4v) is 10.9. The van der Waals surface area contributed by atoms with Crippen LogP contribution >= 0.6 is 0 Å². The number of allylic oxidation sites excluding steroid dienone is 1. The van der Waals surface area contributed by atoms with Gasteiger partial charge in [-0.15, -0.1) is 0 Å². The SMILES string of the molecule is C=C(C)NOc1c(C(=O)c2cnccn2)cc(CO[Si](c2ccccc2)(c2ccccc2)C(C)(C)C)c(N2CC(C)OC(C)C2)c1F. The Morgan fingerprint density at radius 1 is 1.04 bits per heavy atom. The Morgan fingerprint density at radius 2 is 1.64 bits per heavy atom. The fourth-order valence-electron chi connectivity index (χ4n) is 6.40. The number of ether oxygens (including phenoxy) is 1. The molecule has 0 saturated carbocycles. The van der Waals surface area contributed by atoms with Crippen LogP contribution in [0.25, 0.3) is 0 Å². The molecule has 1 N–H and O–H groups in total. The standard InChI is InChI=1S/C37H43FN4O4Si/c1-25(2)41-46-36-31(35(43)32-21-39-18-19-40-32)20-28(34(33(36)38)42-22-26(3)45-27(4)23-42)24-44-47(37(5,6)7,29-14-10-8-11-15-29)30-16-12-9-13-17-30/h8-21,26-27,41H,1,22-24H2,2-7H3. The lowest BCUT2D eigenvalue weighted by Gasteiger charge is -2.43. The minimum absolute atomic E-state index is 0.00379. The summed E-state index contributed by atoms with van der Waals surface area (Å²) in [7, 11) is -3.03. The molecule has 0 aliphatic carbocycles. The zero-order chi connectivity index (χ0) is 33.8. The quantitative estimate of drug-likeness (QED) is 0.121. The second-order valence-electron chi connectivity index (χ2n) is 13.1. The molecule has 246 valence electrons. The van der Waals surface area contributed by atoms with E-state index in [1.165, 1.54) is 18.6 Å². The number of anilines is 1. The van der Waals surface area contributed by atoms with E-state index in [1.54, 1.807) is 13.0 Å². The number of rotatable bonds is 11. The average molecular weight is 655 g/mol. The number of carbonyl (C=O) groups is 1. The Hall–Kier alpha value is -4.38. The molecule has 47 heavy (non-hydrogen) atoms. The number of hydroxylamine groups is 1. The first-order valence-corrected chi connectivity index (χ1v) is 17.7. The van der Waals surface area contributed by atoms with Gasteiger partial charge in [0.25, 0.3) is 8.32 Å². The van der Waals surface area contributed by atoms with Gasteiger partial charge in [0.05, 0.1) is 36.3 Å². The molecule has 0 amide bonds.